The highest BCUT2D eigenvalue weighted by atomic mass is 79.9. The van der Waals surface area contributed by atoms with E-state index in [1.807, 2.05) is 32.0 Å². The first-order valence-corrected chi connectivity index (χ1v) is 13.2. The van der Waals surface area contributed by atoms with Gasteiger partial charge in [0.2, 0.25) is 0 Å². The predicted molar refractivity (Wildman–Crippen MR) is 154 cm³/mol. The van der Waals surface area contributed by atoms with Crippen LogP contribution in [0, 0.1) is 13.8 Å². The average Bonchev–Trinajstić information content (AvgIpc) is 2.88. The van der Waals surface area contributed by atoms with Crippen molar-refractivity contribution < 1.29 is 28.7 Å². The highest BCUT2D eigenvalue weighted by molar-refractivity contribution is 9.10. The zero-order valence-electron chi connectivity index (χ0n) is 21.1. The Bertz CT molecular complexity index is 1520. The zero-order chi connectivity index (χ0) is 28.3. The third-order valence-electron chi connectivity index (χ3n) is 5.89. The monoisotopic (exact) mass is 655 g/mol. The summed E-state index contributed by atoms with van der Waals surface area (Å²) in [5, 5.41) is 4.98. The number of methoxy groups -OCH3 is 1. The molecule has 11 heteroatoms. The Morgan fingerprint density at radius 1 is 1.00 bits per heavy atom. The van der Waals surface area contributed by atoms with Gasteiger partial charge in [0.05, 0.1) is 17.3 Å². The van der Waals surface area contributed by atoms with Crippen molar-refractivity contribution >= 4 is 73.1 Å². The molecule has 3 aromatic rings. The van der Waals surface area contributed by atoms with Gasteiger partial charge in [0, 0.05) is 10.2 Å². The van der Waals surface area contributed by atoms with Crippen molar-refractivity contribution in [1.29, 1.82) is 0 Å². The van der Waals surface area contributed by atoms with Gasteiger partial charge in [-0.05, 0) is 101 Å². The van der Waals surface area contributed by atoms with Crippen LogP contribution in [0.5, 0.6) is 11.5 Å². The van der Waals surface area contributed by atoms with Gasteiger partial charge >= 0.3 is 6.03 Å². The maximum absolute atomic E-state index is 13.2. The van der Waals surface area contributed by atoms with Crippen molar-refractivity contribution in [2.24, 2.45) is 0 Å². The van der Waals surface area contributed by atoms with E-state index in [4.69, 9.17) is 9.47 Å². The molecule has 0 aromatic heterocycles. The minimum atomic E-state index is -0.842. The fraction of sp³-hybridized carbons (Fsp3) is 0.143. The van der Waals surface area contributed by atoms with Crippen molar-refractivity contribution in [3.8, 4) is 11.5 Å². The first-order valence-electron chi connectivity index (χ1n) is 11.6. The van der Waals surface area contributed by atoms with Gasteiger partial charge in [-0.2, -0.15) is 0 Å². The van der Waals surface area contributed by atoms with Crippen LogP contribution in [-0.4, -0.2) is 37.5 Å². The first kappa shape index (κ1) is 28.1. The molecule has 3 aromatic carbocycles. The number of rotatable bonds is 7. The van der Waals surface area contributed by atoms with Crippen LogP contribution in [-0.2, 0) is 14.4 Å². The van der Waals surface area contributed by atoms with Gasteiger partial charge in [-0.1, -0.05) is 22.0 Å². The zero-order valence-corrected chi connectivity index (χ0v) is 24.3. The number of carbonyl (C=O) groups excluding carboxylic acids is 4. The summed E-state index contributed by atoms with van der Waals surface area (Å²) in [6, 6.07) is 14.4. The number of halogens is 2. The molecule has 5 amide bonds. The molecule has 1 saturated heterocycles. The van der Waals surface area contributed by atoms with Crippen LogP contribution < -0.4 is 25.0 Å². The van der Waals surface area contributed by atoms with Gasteiger partial charge < -0.3 is 14.8 Å². The Labute approximate surface area is 241 Å². The molecule has 0 unspecified atom stereocenters. The summed E-state index contributed by atoms with van der Waals surface area (Å²) in [5.74, 6) is -1.43. The van der Waals surface area contributed by atoms with E-state index in [0.717, 1.165) is 20.5 Å². The maximum Gasteiger partial charge on any atom is 0.335 e. The Balaban J connectivity index is 1.54. The number of carbonyl (C=O) groups is 4. The van der Waals surface area contributed by atoms with Gasteiger partial charge in [-0.15, -0.1) is 0 Å². The molecule has 2 N–H and O–H groups in total. The Morgan fingerprint density at radius 2 is 1.72 bits per heavy atom. The Kier molecular flexibility index (Phi) is 8.51. The second-order valence-electron chi connectivity index (χ2n) is 8.60. The number of benzene rings is 3. The molecule has 0 radical (unpaired) electrons. The summed E-state index contributed by atoms with van der Waals surface area (Å²) in [5.41, 5.74) is 3.32. The molecular formula is C28H23Br2N3O6. The number of anilines is 2. The third-order valence-corrected chi connectivity index (χ3v) is 7.01. The molecule has 0 atom stereocenters. The van der Waals surface area contributed by atoms with Crippen LogP contribution in [0.15, 0.2) is 69.1 Å². The van der Waals surface area contributed by atoms with Crippen LogP contribution in [0.4, 0.5) is 16.2 Å². The standard InChI is InChI=1S/C28H23Br2N3O6/c1-15-4-7-19(10-16(15)2)31-24(34)14-39-25-22(30)12-17(13-23(25)38-3)11-21-26(35)32-28(37)33(27(21)36)20-8-5-18(29)6-9-20/h4-13H,14H2,1-3H3,(H,31,34)(H,32,35,37)/b21-11+. The number of urea groups is 1. The molecule has 1 aliphatic heterocycles. The van der Waals surface area contributed by atoms with E-state index in [2.05, 4.69) is 42.5 Å². The highest BCUT2D eigenvalue weighted by Gasteiger charge is 2.36. The quantitative estimate of drug-likeness (QED) is 0.256. The molecule has 0 aliphatic carbocycles. The van der Waals surface area contributed by atoms with Crippen molar-refractivity contribution in [1.82, 2.24) is 5.32 Å². The lowest BCUT2D eigenvalue weighted by molar-refractivity contribution is -0.122. The van der Waals surface area contributed by atoms with E-state index in [0.29, 0.717) is 21.4 Å². The van der Waals surface area contributed by atoms with Crippen molar-refractivity contribution in [3.63, 3.8) is 0 Å². The number of ether oxygens (including phenoxy) is 2. The molecular weight excluding hydrogens is 634 g/mol. The molecule has 1 aliphatic rings. The number of nitrogens with one attached hydrogen (secondary N) is 2. The smallest absolute Gasteiger partial charge is 0.335 e. The molecule has 1 heterocycles. The summed E-state index contributed by atoms with van der Waals surface area (Å²) < 4.78 is 12.4. The molecule has 39 heavy (non-hydrogen) atoms. The highest BCUT2D eigenvalue weighted by Crippen LogP contribution is 2.37. The molecule has 0 saturated carbocycles. The molecule has 0 bridgehead atoms. The summed E-state index contributed by atoms with van der Waals surface area (Å²) in [6.45, 7) is 3.66. The van der Waals surface area contributed by atoms with E-state index in [9.17, 15) is 19.2 Å². The second-order valence-corrected chi connectivity index (χ2v) is 10.4. The number of imide groups is 2. The molecule has 200 valence electrons. The van der Waals surface area contributed by atoms with Crippen LogP contribution in [0.1, 0.15) is 16.7 Å². The van der Waals surface area contributed by atoms with Crippen LogP contribution in [0.25, 0.3) is 6.08 Å². The van der Waals surface area contributed by atoms with Gasteiger partial charge in [0.25, 0.3) is 17.7 Å². The van der Waals surface area contributed by atoms with Crippen LogP contribution >= 0.6 is 31.9 Å². The number of amides is 5. The average molecular weight is 657 g/mol. The molecule has 9 nitrogen and oxygen atoms in total. The lowest BCUT2D eigenvalue weighted by atomic mass is 10.1. The SMILES string of the molecule is COc1cc(/C=C2\C(=O)NC(=O)N(c3ccc(Br)cc3)C2=O)cc(Br)c1OCC(=O)Nc1ccc(C)c(C)c1. The van der Waals surface area contributed by atoms with E-state index in [1.54, 1.807) is 36.4 Å². The van der Waals surface area contributed by atoms with E-state index in [1.165, 1.54) is 13.2 Å². The van der Waals surface area contributed by atoms with E-state index < -0.39 is 17.8 Å². The normalized spacial score (nSPS) is 14.3. The second kappa shape index (κ2) is 11.8. The molecule has 4 rings (SSSR count). The van der Waals surface area contributed by atoms with Crippen molar-refractivity contribution in [2.45, 2.75) is 13.8 Å². The van der Waals surface area contributed by atoms with E-state index in [-0.39, 0.29) is 29.6 Å². The van der Waals surface area contributed by atoms with Gasteiger partial charge in [0.15, 0.2) is 18.1 Å². The van der Waals surface area contributed by atoms with Crippen molar-refractivity contribution in [3.05, 3.63) is 85.8 Å². The van der Waals surface area contributed by atoms with Gasteiger partial charge in [-0.25, -0.2) is 9.69 Å². The lowest BCUT2D eigenvalue weighted by Crippen LogP contribution is -2.54. The fourth-order valence-corrected chi connectivity index (χ4v) is 4.60. The van der Waals surface area contributed by atoms with Crippen LogP contribution in [0.3, 0.4) is 0 Å². The van der Waals surface area contributed by atoms with Gasteiger partial charge in [0.1, 0.15) is 5.57 Å². The summed E-state index contributed by atoms with van der Waals surface area (Å²) in [6.07, 6.45) is 1.35. The Morgan fingerprint density at radius 3 is 2.38 bits per heavy atom. The minimum Gasteiger partial charge on any atom is -0.493 e. The number of hydrogen-bond acceptors (Lipinski definition) is 6. The third kappa shape index (κ3) is 6.37. The number of hydrogen-bond donors (Lipinski definition) is 2. The fourth-order valence-electron chi connectivity index (χ4n) is 3.77. The predicted octanol–water partition coefficient (Wildman–Crippen LogP) is 5.52. The number of nitrogens with zero attached hydrogens (tertiary/aromatic N) is 1. The number of aryl methyl sites for hydroxylation is 2. The molecule has 0 spiro atoms. The summed E-state index contributed by atoms with van der Waals surface area (Å²) in [7, 11) is 1.42. The largest absolute Gasteiger partial charge is 0.493 e. The summed E-state index contributed by atoms with van der Waals surface area (Å²) in [4.78, 5) is 51.5. The van der Waals surface area contributed by atoms with Crippen molar-refractivity contribution in [2.75, 3.05) is 23.9 Å². The van der Waals surface area contributed by atoms with Crippen LogP contribution in [0.2, 0.25) is 0 Å². The lowest BCUT2D eigenvalue weighted by Gasteiger charge is -2.26. The number of barbiturate groups is 1. The van der Waals surface area contributed by atoms with Gasteiger partial charge in [-0.3, -0.25) is 19.7 Å². The van der Waals surface area contributed by atoms with E-state index >= 15 is 0 Å². The summed E-state index contributed by atoms with van der Waals surface area (Å²) >= 11 is 6.72. The Hall–Kier alpha value is -3.96. The topological polar surface area (TPSA) is 114 Å². The molecule has 1 fully saturated rings. The first-order chi connectivity index (χ1) is 18.6. The minimum absolute atomic E-state index is 0.243. The maximum atomic E-state index is 13.2.